The van der Waals surface area contributed by atoms with Gasteiger partial charge in [-0.3, -0.25) is 4.79 Å². The number of methoxy groups -OCH3 is 1. The van der Waals surface area contributed by atoms with Gasteiger partial charge >= 0.3 is 24.3 Å². The van der Waals surface area contributed by atoms with Crippen LogP contribution in [0.1, 0.15) is 46.0 Å². The molecule has 0 spiro atoms. The monoisotopic (exact) mass is 448 g/mol. The van der Waals surface area contributed by atoms with Crippen molar-refractivity contribution < 1.29 is 50.5 Å². The number of aliphatic hydroxyl groups is 1. The number of ether oxygens (including phenoxy) is 2. The molecule has 2 fully saturated rings. The van der Waals surface area contributed by atoms with Crippen LogP contribution in [0.5, 0.6) is 0 Å². The smallest absolute Gasteiger partial charge is 0.426 e. The van der Waals surface area contributed by atoms with Crippen molar-refractivity contribution in [1.29, 1.82) is 0 Å². The standard InChI is InChI=1S/C14H18F6O3.C5H8O2/c1-7(6-12(22,13(15,16)17)14(18,19)20)23-11(21)10-5-8-2-3-9(10)4-8;1-4(2)5(6)7-3/h7-10,22H,2-6H2,1H3;1H2,2-3H3. The van der Waals surface area contributed by atoms with E-state index in [1.807, 2.05) is 0 Å². The molecular formula is C19H26F6O5. The quantitative estimate of drug-likeness (QED) is 0.385. The summed E-state index contributed by atoms with van der Waals surface area (Å²) in [5.74, 6) is -1.09. The van der Waals surface area contributed by atoms with Crippen LogP contribution in [0.15, 0.2) is 12.2 Å². The zero-order valence-corrected chi connectivity index (χ0v) is 16.9. The number of rotatable bonds is 5. The summed E-state index contributed by atoms with van der Waals surface area (Å²) < 4.78 is 84.7. The molecule has 0 radical (unpaired) electrons. The van der Waals surface area contributed by atoms with Gasteiger partial charge in [0.05, 0.1) is 13.0 Å². The molecule has 0 aliphatic heterocycles. The summed E-state index contributed by atoms with van der Waals surface area (Å²) >= 11 is 0. The van der Waals surface area contributed by atoms with Crippen LogP contribution in [0, 0.1) is 17.8 Å². The Morgan fingerprint density at radius 2 is 1.63 bits per heavy atom. The minimum absolute atomic E-state index is 0.101. The Morgan fingerprint density at radius 3 is 1.93 bits per heavy atom. The highest BCUT2D eigenvalue weighted by atomic mass is 19.4. The summed E-state index contributed by atoms with van der Waals surface area (Å²) in [6, 6.07) is 0. The van der Waals surface area contributed by atoms with Crippen LogP contribution in [0.3, 0.4) is 0 Å². The highest BCUT2D eigenvalue weighted by molar-refractivity contribution is 5.86. The van der Waals surface area contributed by atoms with Gasteiger partial charge in [0.2, 0.25) is 0 Å². The van der Waals surface area contributed by atoms with Crippen molar-refractivity contribution in [2.24, 2.45) is 17.8 Å². The normalized spacial score (nSPS) is 24.5. The number of carbonyl (C=O) groups excluding carboxylic acids is 2. The molecule has 11 heteroatoms. The SMILES string of the molecule is C=C(C)C(=O)OC.CC(CC(O)(C(F)(F)F)C(F)(F)F)OC(=O)C1CC2CCC1C2. The zero-order valence-electron chi connectivity index (χ0n) is 16.9. The third-order valence-electron chi connectivity index (χ3n) is 5.41. The Kier molecular flexibility index (Phi) is 8.38. The number of hydrogen-bond acceptors (Lipinski definition) is 5. The van der Waals surface area contributed by atoms with E-state index >= 15 is 0 Å². The summed E-state index contributed by atoms with van der Waals surface area (Å²) in [5, 5.41) is 9.10. The molecule has 0 aromatic rings. The number of hydrogen-bond donors (Lipinski definition) is 1. The van der Waals surface area contributed by atoms with E-state index in [1.165, 1.54) is 7.11 Å². The summed E-state index contributed by atoms with van der Waals surface area (Å²) in [5.41, 5.74) is -4.46. The molecule has 4 atom stereocenters. The maximum absolute atomic E-state index is 12.6. The van der Waals surface area contributed by atoms with Crippen LogP contribution < -0.4 is 0 Å². The molecule has 2 rings (SSSR count). The molecule has 0 heterocycles. The lowest BCUT2D eigenvalue weighted by Crippen LogP contribution is -2.58. The van der Waals surface area contributed by atoms with Crippen molar-refractivity contribution in [2.45, 2.75) is 70.0 Å². The lowest BCUT2D eigenvalue weighted by molar-refractivity contribution is -0.373. The van der Waals surface area contributed by atoms with Crippen molar-refractivity contribution in [3.63, 3.8) is 0 Å². The van der Waals surface area contributed by atoms with E-state index in [0.717, 1.165) is 26.2 Å². The lowest BCUT2D eigenvalue weighted by Gasteiger charge is -2.34. The van der Waals surface area contributed by atoms with E-state index in [0.29, 0.717) is 17.9 Å². The van der Waals surface area contributed by atoms with Gasteiger partial charge in [-0.1, -0.05) is 13.0 Å². The highest BCUT2D eigenvalue weighted by Gasteiger charge is 2.70. The number of fused-ring (bicyclic) bond motifs is 2. The molecule has 0 aromatic carbocycles. The van der Waals surface area contributed by atoms with E-state index in [2.05, 4.69) is 11.3 Å². The Balaban J connectivity index is 0.000000553. The number of halogens is 6. The second kappa shape index (κ2) is 9.57. The molecule has 174 valence electrons. The first-order valence-corrected chi connectivity index (χ1v) is 9.33. The molecule has 2 aliphatic rings. The van der Waals surface area contributed by atoms with Gasteiger partial charge in [0.1, 0.15) is 6.10 Å². The van der Waals surface area contributed by atoms with Gasteiger partial charge in [-0.05, 0) is 44.9 Å². The number of esters is 2. The van der Waals surface area contributed by atoms with Crippen LogP contribution in [0.2, 0.25) is 0 Å². The molecule has 2 bridgehead atoms. The average Bonchev–Trinajstić information content (AvgIpc) is 3.22. The van der Waals surface area contributed by atoms with E-state index in [9.17, 15) is 35.9 Å². The zero-order chi connectivity index (χ0) is 23.5. The Labute approximate surface area is 170 Å². The molecular weight excluding hydrogens is 422 g/mol. The van der Waals surface area contributed by atoms with Crippen molar-refractivity contribution in [1.82, 2.24) is 0 Å². The average molecular weight is 448 g/mol. The van der Waals surface area contributed by atoms with Crippen molar-refractivity contribution >= 4 is 11.9 Å². The second-order valence-corrected chi connectivity index (χ2v) is 7.86. The first-order valence-electron chi connectivity index (χ1n) is 9.33. The Hall–Kier alpha value is -1.78. The van der Waals surface area contributed by atoms with E-state index in [-0.39, 0.29) is 11.9 Å². The molecule has 0 amide bonds. The number of alkyl halides is 6. The fourth-order valence-corrected chi connectivity index (χ4v) is 3.84. The number of carbonyl (C=O) groups is 2. The van der Waals surface area contributed by atoms with Crippen LogP contribution in [0.4, 0.5) is 26.3 Å². The van der Waals surface area contributed by atoms with Crippen LogP contribution in [0.25, 0.3) is 0 Å². The summed E-state index contributed by atoms with van der Waals surface area (Å²) in [7, 11) is 1.33. The largest absolute Gasteiger partial charge is 0.466 e. The van der Waals surface area contributed by atoms with Crippen LogP contribution >= 0.6 is 0 Å². The van der Waals surface area contributed by atoms with Gasteiger partial charge in [0.25, 0.3) is 5.60 Å². The van der Waals surface area contributed by atoms with Crippen molar-refractivity contribution in [3.05, 3.63) is 12.2 Å². The van der Waals surface area contributed by atoms with Gasteiger partial charge in [-0.15, -0.1) is 0 Å². The third-order valence-corrected chi connectivity index (χ3v) is 5.41. The summed E-state index contributed by atoms with van der Waals surface area (Å²) in [6.45, 7) is 5.88. The summed E-state index contributed by atoms with van der Waals surface area (Å²) in [4.78, 5) is 22.2. The fraction of sp³-hybridized carbons (Fsp3) is 0.789. The lowest BCUT2D eigenvalue weighted by atomic mass is 9.89. The fourth-order valence-electron chi connectivity index (χ4n) is 3.84. The molecule has 2 saturated carbocycles. The molecule has 4 unspecified atom stereocenters. The van der Waals surface area contributed by atoms with Crippen LogP contribution in [-0.4, -0.2) is 48.2 Å². The van der Waals surface area contributed by atoms with Crippen LogP contribution in [-0.2, 0) is 19.1 Å². The van der Waals surface area contributed by atoms with Gasteiger partial charge in [0, 0.05) is 12.0 Å². The molecule has 5 nitrogen and oxygen atoms in total. The van der Waals surface area contributed by atoms with Gasteiger partial charge in [0.15, 0.2) is 0 Å². The van der Waals surface area contributed by atoms with Gasteiger partial charge < -0.3 is 14.6 Å². The maximum atomic E-state index is 12.6. The second-order valence-electron chi connectivity index (χ2n) is 7.86. The molecule has 2 aliphatic carbocycles. The minimum atomic E-state index is -5.90. The van der Waals surface area contributed by atoms with E-state index < -0.39 is 42.4 Å². The Morgan fingerprint density at radius 1 is 1.10 bits per heavy atom. The third kappa shape index (κ3) is 6.12. The molecule has 30 heavy (non-hydrogen) atoms. The Bertz CT molecular complexity index is 628. The van der Waals surface area contributed by atoms with E-state index in [1.54, 1.807) is 6.92 Å². The van der Waals surface area contributed by atoms with Gasteiger partial charge in [-0.2, -0.15) is 26.3 Å². The van der Waals surface area contributed by atoms with Crippen molar-refractivity contribution in [2.75, 3.05) is 7.11 Å². The van der Waals surface area contributed by atoms with Gasteiger partial charge in [-0.25, -0.2) is 4.79 Å². The minimum Gasteiger partial charge on any atom is -0.466 e. The molecule has 1 N–H and O–H groups in total. The topological polar surface area (TPSA) is 72.8 Å². The predicted molar refractivity (Wildman–Crippen MR) is 93.0 cm³/mol. The highest BCUT2D eigenvalue weighted by Crippen LogP contribution is 2.49. The molecule has 0 aromatic heterocycles. The summed E-state index contributed by atoms with van der Waals surface area (Å²) in [6.07, 6.45) is -12.0. The van der Waals surface area contributed by atoms with E-state index in [4.69, 9.17) is 9.84 Å². The first kappa shape index (κ1) is 26.3. The van der Waals surface area contributed by atoms with Crippen molar-refractivity contribution in [3.8, 4) is 0 Å². The maximum Gasteiger partial charge on any atom is 0.426 e. The predicted octanol–water partition coefficient (Wildman–Crippen LogP) is 4.34. The molecule has 0 saturated heterocycles. The first-order chi connectivity index (χ1) is 13.5.